The standard InChI is InChI=1S/C22H31NO4/c1-3-5-6-7-8-9-10-11-16-27-21(24)19-13-12-18-14-15-23(20(18)17-19)22(25)26-4-2/h12-15,17H,3-11,16H2,1-2H3. The predicted molar refractivity (Wildman–Crippen MR) is 107 cm³/mol. The van der Waals surface area contributed by atoms with Crippen molar-refractivity contribution in [1.29, 1.82) is 0 Å². The number of benzene rings is 1. The van der Waals surface area contributed by atoms with Crippen molar-refractivity contribution >= 4 is 23.0 Å². The van der Waals surface area contributed by atoms with E-state index < -0.39 is 6.09 Å². The summed E-state index contributed by atoms with van der Waals surface area (Å²) in [6.45, 7) is 4.72. The molecule has 0 aliphatic rings. The molecule has 0 N–H and O–H groups in total. The van der Waals surface area contributed by atoms with Crippen molar-refractivity contribution in [3.8, 4) is 0 Å². The van der Waals surface area contributed by atoms with E-state index in [2.05, 4.69) is 6.92 Å². The maximum atomic E-state index is 12.3. The summed E-state index contributed by atoms with van der Waals surface area (Å²) in [5, 5.41) is 0.877. The largest absolute Gasteiger partial charge is 0.462 e. The van der Waals surface area contributed by atoms with Gasteiger partial charge in [-0.15, -0.1) is 0 Å². The number of unbranched alkanes of at least 4 members (excludes halogenated alkanes) is 7. The Kier molecular flexibility index (Phi) is 8.89. The lowest BCUT2D eigenvalue weighted by atomic mass is 10.1. The Hall–Kier alpha value is -2.30. The van der Waals surface area contributed by atoms with E-state index in [1.165, 1.54) is 43.1 Å². The lowest BCUT2D eigenvalue weighted by Crippen LogP contribution is -2.12. The van der Waals surface area contributed by atoms with Gasteiger partial charge in [0, 0.05) is 11.6 Å². The van der Waals surface area contributed by atoms with Gasteiger partial charge in [0.2, 0.25) is 0 Å². The lowest BCUT2D eigenvalue weighted by molar-refractivity contribution is 0.0497. The number of aromatic nitrogens is 1. The van der Waals surface area contributed by atoms with Crippen molar-refractivity contribution in [2.24, 2.45) is 0 Å². The van der Waals surface area contributed by atoms with Gasteiger partial charge in [0.25, 0.3) is 0 Å². The number of hydrogen-bond donors (Lipinski definition) is 0. The van der Waals surface area contributed by atoms with Crippen LogP contribution in [0.25, 0.3) is 10.9 Å². The molecular weight excluding hydrogens is 342 g/mol. The zero-order valence-corrected chi connectivity index (χ0v) is 16.5. The number of esters is 1. The summed E-state index contributed by atoms with van der Waals surface area (Å²) in [4.78, 5) is 24.3. The minimum atomic E-state index is -0.447. The van der Waals surface area contributed by atoms with Gasteiger partial charge >= 0.3 is 12.1 Å². The van der Waals surface area contributed by atoms with Gasteiger partial charge in [0.1, 0.15) is 0 Å². The molecule has 1 heterocycles. The monoisotopic (exact) mass is 373 g/mol. The van der Waals surface area contributed by atoms with Crippen LogP contribution in [-0.2, 0) is 9.47 Å². The Morgan fingerprint density at radius 2 is 1.59 bits per heavy atom. The number of nitrogens with zero attached hydrogens (tertiary/aromatic N) is 1. The summed E-state index contributed by atoms with van der Waals surface area (Å²) in [7, 11) is 0. The number of ether oxygens (including phenoxy) is 2. The van der Waals surface area contributed by atoms with Crippen LogP contribution in [0.4, 0.5) is 4.79 Å². The van der Waals surface area contributed by atoms with E-state index in [1.54, 1.807) is 25.3 Å². The van der Waals surface area contributed by atoms with Gasteiger partial charge in [-0.2, -0.15) is 0 Å². The second-order valence-corrected chi connectivity index (χ2v) is 6.77. The molecule has 0 aliphatic carbocycles. The van der Waals surface area contributed by atoms with Crippen LogP contribution in [-0.4, -0.2) is 29.8 Å². The van der Waals surface area contributed by atoms with Gasteiger partial charge in [0.15, 0.2) is 0 Å². The van der Waals surface area contributed by atoms with Crippen molar-refractivity contribution in [2.45, 2.75) is 65.2 Å². The van der Waals surface area contributed by atoms with Crippen molar-refractivity contribution in [2.75, 3.05) is 13.2 Å². The molecule has 0 spiro atoms. The highest BCUT2D eigenvalue weighted by Crippen LogP contribution is 2.19. The number of hydrogen-bond acceptors (Lipinski definition) is 4. The van der Waals surface area contributed by atoms with E-state index in [-0.39, 0.29) is 5.97 Å². The van der Waals surface area contributed by atoms with Crippen LogP contribution >= 0.6 is 0 Å². The molecule has 0 unspecified atom stereocenters. The van der Waals surface area contributed by atoms with Crippen molar-refractivity contribution in [3.05, 3.63) is 36.0 Å². The van der Waals surface area contributed by atoms with Gasteiger partial charge in [-0.1, -0.05) is 57.9 Å². The van der Waals surface area contributed by atoms with Crippen molar-refractivity contribution in [1.82, 2.24) is 4.57 Å². The van der Waals surface area contributed by atoms with Gasteiger partial charge in [-0.25, -0.2) is 9.59 Å². The average Bonchev–Trinajstić information content (AvgIpc) is 3.10. The number of carbonyl (C=O) groups is 2. The first kappa shape index (κ1) is 21.0. The zero-order valence-electron chi connectivity index (χ0n) is 16.5. The molecule has 5 heteroatoms. The third-order valence-corrected chi connectivity index (χ3v) is 4.62. The van der Waals surface area contributed by atoms with E-state index in [0.29, 0.717) is 24.3 Å². The normalized spacial score (nSPS) is 10.9. The molecule has 27 heavy (non-hydrogen) atoms. The second kappa shape index (κ2) is 11.4. The maximum Gasteiger partial charge on any atom is 0.418 e. The second-order valence-electron chi connectivity index (χ2n) is 6.77. The molecule has 0 radical (unpaired) electrons. The van der Waals surface area contributed by atoms with E-state index in [9.17, 15) is 9.59 Å². The van der Waals surface area contributed by atoms with Gasteiger partial charge < -0.3 is 9.47 Å². The Morgan fingerprint density at radius 3 is 2.30 bits per heavy atom. The molecule has 0 amide bonds. The smallest absolute Gasteiger partial charge is 0.418 e. The summed E-state index contributed by atoms with van der Waals surface area (Å²) in [5.74, 6) is -0.351. The number of rotatable bonds is 11. The van der Waals surface area contributed by atoms with E-state index in [0.717, 1.165) is 18.2 Å². The minimum absolute atomic E-state index is 0.304. The van der Waals surface area contributed by atoms with E-state index >= 15 is 0 Å². The fourth-order valence-corrected chi connectivity index (χ4v) is 3.09. The highest BCUT2D eigenvalue weighted by molar-refractivity contribution is 5.97. The molecule has 148 valence electrons. The summed E-state index contributed by atoms with van der Waals surface area (Å²) < 4.78 is 11.8. The van der Waals surface area contributed by atoms with E-state index in [4.69, 9.17) is 9.47 Å². The van der Waals surface area contributed by atoms with Crippen LogP contribution in [0.3, 0.4) is 0 Å². The van der Waals surface area contributed by atoms with Crippen LogP contribution in [0.15, 0.2) is 30.5 Å². The summed E-state index contributed by atoms with van der Waals surface area (Å²) in [6, 6.07) is 7.05. The summed E-state index contributed by atoms with van der Waals surface area (Å²) >= 11 is 0. The van der Waals surface area contributed by atoms with Gasteiger partial charge in [-0.3, -0.25) is 4.57 Å². The molecule has 0 atom stereocenters. The van der Waals surface area contributed by atoms with Crippen molar-refractivity contribution in [3.63, 3.8) is 0 Å². The molecular formula is C22H31NO4. The van der Waals surface area contributed by atoms with Crippen LogP contribution in [0, 0.1) is 0 Å². The quantitative estimate of drug-likeness (QED) is 0.361. The first-order valence-corrected chi connectivity index (χ1v) is 10.1. The Morgan fingerprint density at radius 1 is 0.889 bits per heavy atom. The molecule has 0 fully saturated rings. The van der Waals surface area contributed by atoms with Crippen LogP contribution in [0.2, 0.25) is 0 Å². The third-order valence-electron chi connectivity index (χ3n) is 4.62. The molecule has 0 saturated carbocycles. The third kappa shape index (κ3) is 6.42. The molecule has 1 aromatic heterocycles. The fourth-order valence-electron chi connectivity index (χ4n) is 3.09. The Balaban J connectivity index is 1.80. The topological polar surface area (TPSA) is 57.5 Å². The average molecular weight is 373 g/mol. The predicted octanol–water partition coefficient (Wildman–Crippen LogP) is 5.94. The highest BCUT2D eigenvalue weighted by atomic mass is 16.5. The van der Waals surface area contributed by atoms with Crippen LogP contribution < -0.4 is 0 Å². The van der Waals surface area contributed by atoms with E-state index in [1.807, 2.05) is 12.1 Å². The number of carbonyl (C=O) groups excluding carboxylic acids is 2. The molecule has 5 nitrogen and oxygen atoms in total. The molecule has 0 saturated heterocycles. The highest BCUT2D eigenvalue weighted by Gasteiger charge is 2.13. The van der Waals surface area contributed by atoms with Gasteiger partial charge in [0.05, 0.1) is 24.3 Å². The minimum Gasteiger partial charge on any atom is -0.462 e. The lowest BCUT2D eigenvalue weighted by Gasteiger charge is -2.07. The first-order valence-electron chi connectivity index (χ1n) is 10.1. The first-order chi connectivity index (χ1) is 13.2. The Labute approximate surface area is 161 Å². The molecule has 2 aromatic rings. The molecule has 0 aliphatic heterocycles. The molecule has 2 rings (SSSR count). The summed E-state index contributed by atoms with van der Waals surface area (Å²) in [5.41, 5.74) is 1.10. The zero-order chi connectivity index (χ0) is 19.5. The van der Waals surface area contributed by atoms with Gasteiger partial charge in [-0.05, 0) is 31.5 Å². The SMILES string of the molecule is CCCCCCCCCCOC(=O)c1ccc2ccn(C(=O)OCC)c2c1. The molecule has 1 aromatic carbocycles. The fraction of sp³-hybridized carbons (Fsp3) is 0.545. The Bertz CT molecular complexity index is 735. The summed E-state index contributed by atoms with van der Waals surface area (Å²) in [6.07, 6.45) is 10.8. The van der Waals surface area contributed by atoms with Crippen molar-refractivity contribution < 1.29 is 19.1 Å². The van der Waals surface area contributed by atoms with Crippen LogP contribution in [0.5, 0.6) is 0 Å². The molecule has 0 bridgehead atoms. The maximum absolute atomic E-state index is 12.3. The number of fused-ring (bicyclic) bond motifs is 1. The van der Waals surface area contributed by atoms with Crippen LogP contribution in [0.1, 0.15) is 75.6 Å².